The van der Waals surface area contributed by atoms with E-state index in [1.807, 2.05) is 36.7 Å². The predicted molar refractivity (Wildman–Crippen MR) is 81.3 cm³/mol. The van der Waals surface area contributed by atoms with Gasteiger partial charge in [-0.3, -0.25) is 0 Å². The van der Waals surface area contributed by atoms with E-state index in [9.17, 15) is 0 Å². The monoisotopic (exact) mass is 298 g/mol. The molecule has 0 amide bonds. The molecule has 0 bridgehead atoms. The van der Waals surface area contributed by atoms with Crippen molar-refractivity contribution in [2.75, 3.05) is 11.4 Å². The summed E-state index contributed by atoms with van der Waals surface area (Å²) in [5, 5.41) is 3.01. The molecule has 3 aromatic heterocycles. The first-order valence-corrected chi connectivity index (χ1v) is 7.74. The lowest BCUT2D eigenvalue weighted by Gasteiger charge is -2.26. The molecule has 106 valence electrons. The lowest BCUT2D eigenvalue weighted by Crippen LogP contribution is -2.30. The van der Waals surface area contributed by atoms with Gasteiger partial charge in [-0.25, -0.2) is 15.0 Å². The summed E-state index contributed by atoms with van der Waals surface area (Å²) in [4.78, 5) is 15.7. The Morgan fingerprint density at radius 2 is 2.24 bits per heavy atom. The van der Waals surface area contributed by atoms with E-state index >= 15 is 0 Å². The molecule has 0 spiro atoms. The molecule has 1 aliphatic heterocycles. The zero-order valence-corrected chi connectivity index (χ0v) is 12.4. The quantitative estimate of drug-likeness (QED) is 0.728. The molecule has 0 atom stereocenters. The Labute approximate surface area is 126 Å². The van der Waals surface area contributed by atoms with Crippen LogP contribution in [0.25, 0.3) is 11.6 Å². The second-order valence-electron chi connectivity index (χ2n) is 5.00. The summed E-state index contributed by atoms with van der Waals surface area (Å²) in [5.74, 6) is 2.59. The van der Waals surface area contributed by atoms with Crippen molar-refractivity contribution in [1.82, 2.24) is 15.0 Å². The largest absolute Gasteiger partial charge is 0.439 e. The highest BCUT2D eigenvalue weighted by Crippen LogP contribution is 2.28. The molecule has 0 aliphatic carbocycles. The van der Waals surface area contributed by atoms with Gasteiger partial charge in [0.25, 0.3) is 0 Å². The highest BCUT2D eigenvalue weighted by molar-refractivity contribution is 7.09. The molecular weight excluding hydrogens is 284 g/mol. The summed E-state index contributed by atoms with van der Waals surface area (Å²) in [7, 11) is 0. The van der Waals surface area contributed by atoms with Gasteiger partial charge in [0.15, 0.2) is 0 Å². The first-order valence-electron chi connectivity index (χ1n) is 6.86. The SMILES string of the molecule is Cc1nc(-c2nc3c(o2)CCN(c2ccccn2)C3)cs1. The Morgan fingerprint density at radius 3 is 3.00 bits per heavy atom. The number of pyridine rings is 1. The first-order chi connectivity index (χ1) is 10.3. The van der Waals surface area contributed by atoms with Gasteiger partial charge < -0.3 is 9.32 Å². The van der Waals surface area contributed by atoms with Crippen molar-refractivity contribution in [3.8, 4) is 11.6 Å². The summed E-state index contributed by atoms with van der Waals surface area (Å²) >= 11 is 1.61. The molecule has 1 aliphatic rings. The number of aromatic nitrogens is 3. The molecular formula is C15H14N4OS. The van der Waals surface area contributed by atoms with Crippen LogP contribution in [0, 0.1) is 6.92 Å². The molecule has 21 heavy (non-hydrogen) atoms. The van der Waals surface area contributed by atoms with Crippen molar-refractivity contribution in [1.29, 1.82) is 0 Å². The van der Waals surface area contributed by atoms with Crippen LogP contribution in [0.15, 0.2) is 34.2 Å². The molecule has 4 heterocycles. The highest BCUT2D eigenvalue weighted by Gasteiger charge is 2.24. The molecule has 3 aromatic rings. The Kier molecular flexibility index (Phi) is 2.96. The second kappa shape index (κ2) is 4.96. The third kappa shape index (κ3) is 2.31. The normalized spacial score (nSPS) is 14.2. The minimum Gasteiger partial charge on any atom is -0.439 e. The minimum absolute atomic E-state index is 0.632. The van der Waals surface area contributed by atoms with Gasteiger partial charge in [0.1, 0.15) is 23.0 Å². The fourth-order valence-corrected chi connectivity index (χ4v) is 3.09. The zero-order chi connectivity index (χ0) is 14.2. The summed E-state index contributed by atoms with van der Waals surface area (Å²) in [6, 6.07) is 5.96. The number of hydrogen-bond donors (Lipinski definition) is 0. The number of thiazole rings is 1. The van der Waals surface area contributed by atoms with Crippen molar-refractivity contribution in [3.05, 3.63) is 46.2 Å². The number of anilines is 1. The third-order valence-corrected chi connectivity index (χ3v) is 4.31. The molecule has 0 N–H and O–H groups in total. The van der Waals surface area contributed by atoms with Crippen LogP contribution < -0.4 is 4.90 Å². The molecule has 0 fully saturated rings. The van der Waals surface area contributed by atoms with E-state index < -0.39 is 0 Å². The molecule has 6 heteroatoms. The number of fused-ring (bicyclic) bond motifs is 1. The molecule has 0 saturated carbocycles. The fraction of sp³-hybridized carbons (Fsp3) is 0.267. The van der Waals surface area contributed by atoms with Gasteiger partial charge in [-0.2, -0.15) is 0 Å². The number of hydrogen-bond acceptors (Lipinski definition) is 6. The number of rotatable bonds is 2. The molecule has 5 nitrogen and oxygen atoms in total. The predicted octanol–water partition coefficient (Wildman–Crippen LogP) is 3.06. The first kappa shape index (κ1) is 12.5. The zero-order valence-electron chi connectivity index (χ0n) is 11.6. The van der Waals surface area contributed by atoms with E-state index in [4.69, 9.17) is 4.42 Å². The molecule has 0 unspecified atom stereocenters. The van der Waals surface area contributed by atoms with Crippen LogP contribution in [-0.4, -0.2) is 21.5 Å². The van der Waals surface area contributed by atoms with Crippen LogP contribution in [0.5, 0.6) is 0 Å². The van der Waals surface area contributed by atoms with Gasteiger partial charge in [0.2, 0.25) is 5.89 Å². The lowest BCUT2D eigenvalue weighted by molar-refractivity contribution is 0.497. The topological polar surface area (TPSA) is 55.1 Å². The maximum atomic E-state index is 5.88. The van der Waals surface area contributed by atoms with Gasteiger partial charge in [-0.15, -0.1) is 11.3 Å². The van der Waals surface area contributed by atoms with E-state index in [1.165, 1.54) is 0 Å². The Balaban J connectivity index is 1.63. The Morgan fingerprint density at radius 1 is 1.29 bits per heavy atom. The number of oxazole rings is 1. The van der Waals surface area contributed by atoms with Crippen molar-refractivity contribution >= 4 is 17.2 Å². The van der Waals surface area contributed by atoms with E-state index in [2.05, 4.69) is 19.9 Å². The maximum absolute atomic E-state index is 5.88. The van der Waals surface area contributed by atoms with Gasteiger partial charge in [0, 0.05) is 24.5 Å². The van der Waals surface area contributed by atoms with Crippen molar-refractivity contribution in [3.63, 3.8) is 0 Å². The fourth-order valence-electron chi connectivity index (χ4n) is 2.51. The second-order valence-corrected chi connectivity index (χ2v) is 6.06. The summed E-state index contributed by atoms with van der Waals surface area (Å²) < 4.78 is 5.88. The van der Waals surface area contributed by atoms with E-state index in [-0.39, 0.29) is 0 Å². The molecule has 0 radical (unpaired) electrons. The molecule has 0 aromatic carbocycles. The van der Waals surface area contributed by atoms with E-state index in [1.54, 1.807) is 11.3 Å². The van der Waals surface area contributed by atoms with Crippen LogP contribution in [0.4, 0.5) is 5.82 Å². The highest BCUT2D eigenvalue weighted by atomic mass is 32.1. The standard InChI is InChI=1S/C15H14N4OS/c1-10-17-12(9-21-10)15-18-11-8-19(7-5-13(11)20-15)14-4-2-3-6-16-14/h2-4,6,9H,5,7-8H2,1H3. The summed E-state index contributed by atoms with van der Waals surface area (Å²) in [6.45, 7) is 3.62. The van der Waals surface area contributed by atoms with Crippen LogP contribution in [0.3, 0.4) is 0 Å². The van der Waals surface area contributed by atoms with Crippen LogP contribution >= 0.6 is 11.3 Å². The maximum Gasteiger partial charge on any atom is 0.246 e. The van der Waals surface area contributed by atoms with Gasteiger partial charge in [-0.05, 0) is 19.1 Å². The number of nitrogens with zero attached hydrogens (tertiary/aromatic N) is 4. The van der Waals surface area contributed by atoms with Gasteiger partial charge in [0.05, 0.1) is 11.6 Å². The summed E-state index contributed by atoms with van der Waals surface area (Å²) in [5.41, 5.74) is 1.82. The smallest absolute Gasteiger partial charge is 0.246 e. The van der Waals surface area contributed by atoms with Crippen molar-refractivity contribution < 1.29 is 4.42 Å². The van der Waals surface area contributed by atoms with Crippen molar-refractivity contribution in [2.45, 2.75) is 19.9 Å². The number of aryl methyl sites for hydroxylation is 1. The van der Waals surface area contributed by atoms with Crippen molar-refractivity contribution in [2.24, 2.45) is 0 Å². The van der Waals surface area contributed by atoms with E-state index in [0.717, 1.165) is 47.5 Å². The van der Waals surface area contributed by atoms with Crippen LogP contribution in [0.2, 0.25) is 0 Å². The average molecular weight is 298 g/mol. The molecule has 0 saturated heterocycles. The average Bonchev–Trinajstić information content (AvgIpc) is 3.13. The van der Waals surface area contributed by atoms with Crippen LogP contribution in [-0.2, 0) is 13.0 Å². The Hall–Kier alpha value is -2.21. The Bertz CT molecular complexity index is 765. The van der Waals surface area contributed by atoms with Gasteiger partial charge >= 0.3 is 0 Å². The van der Waals surface area contributed by atoms with Crippen LogP contribution in [0.1, 0.15) is 16.5 Å². The third-order valence-electron chi connectivity index (χ3n) is 3.54. The molecule has 4 rings (SSSR count). The van der Waals surface area contributed by atoms with E-state index in [0.29, 0.717) is 5.89 Å². The van der Waals surface area contributed by atoms with Gasteiger partial charge in [-0.1, -0.05) is 6.07 Å². The summed E-state index contributed by atoms with van der Waals surface area (Å²) in [6.07, 6.45) is 2.67. The minimum atomic E-state index is 0.632. The lowest BCUT2D eigenvalue weighted by atomic mass is 10.1.